The van der Waals surface area contributed by atoms with Crippen LogP contribution in [0.2, 0.25) is 0 Å². The summed E-state index contributed by atoms with van der Waals surface area (Å²) in [7, 11) is 3.31. The van der Waals surface area contributed by atoms with Gasteiger partial charge in [0.2, 0.25) is 5.91 Å². The summed E-state index contributed by atoms with van der Waals surface area (Å²) in [4.78, 5) is 54.2. The molecule has 8 nitrogen and oxygen atoms in total. The lowest BCUT2D eigenvalue weighted by Crippen LogP contribution is -2.36. The number of ether oxygens (including phenoxy) is 1. The number of anilines is 1. The number of ketones is 1. The molecule has 1 saturated heterocycles. The average molecular weight is 450 g/mol. The van der Waals surface area contributed by atoms with Gasteiger partial charge in [0.1, 0.15) is 12.3 Å². The number of benzene rings is 2. The van der Waals surface area contributed by atoms with E-state index in [1.165, 1.54) is 9.80 Å². The van der Waals surface area contributed by atoms with Crippen LogP contribution in [0.25, 0.3) is 0 Å². The van der Waals surface area contributed by atoms with E-state index in [0.29, 0.717) is 48.5 Å². The standard InChI is InChI=1S/C25H27N3O5/c1-4-21(29)16-6-9-19(10-7-16)33-22-11-12-28(25(22)32)18-8-5-17-14-27(15-23(30)26(2)3)24(31)20(17)13-18/h5-10,13,22H,4,11-12,14-15H2,1-3H3/t22-/m1/s1. The summed E-state index contributed by atoms with van der Waals surface area (Å²) >= 11 is 0. The second kappa shape index (κ2) is 9.05. The van der Waals surface area contributed by atoms with E-state index in [9.17, 15) is 19.2 Å². The van der Waals surface area contributed by atoms with Crippen LogP contribution >= 0.6 is 0 Å². The number of hydrogen-bond donors (Lipinski definition) is 0. The molecule has 1 fully saturated rings. The number of hydrogen-bond acceptors (Lipinski definition) is 5. The maximum atomic E-state index is 13.0. The highest BCUT2D eigenvalue weighted by molar-refractivity contribution is 6.03. The SMILES string of the molecule is CCC(=O)c1ccc(O[C@@H]2CCN(c3ccc4c(c3)C(=O)N(CC(=O)N(C)C)C4)C2=O)cc1. The van der Waals surface area contributed by atoms with Gasteiger partial charge in [0, 0.05) is 56.8 Å². The van der Waals surface area contributed by atoms with Crippen molar-refractivity contribution in [2.45, 2.75) is 32.4 Å². The van der Waals surface area contributed by atoms with Gasteiger partial charge in [0.15, 0.2) is 11.9 Å². The van der Waals surface area contributed by atoms with E-state index in [1.807, 2.05) is 19.1 Å². The number of likely N-dealkylation sites (N-methyl/N-ethyl adjacent to an activating group) is 1. The van der Waals surface area contributed by atoms with Gasteiger partial charge < -0.3 is 19.4 Å². The summed E-state index contributed by atoms with van der Waals surface area (Å²) in [6.07, 6.45) is 0.322. The number of fused-ring (bicyclic) bond motifs is 1. The summed E-state index contributed by atoms with van der Waals surface area (Å²) in [5.41, 5.74) is 2.63. The third-order valence-electron chi connectivity index (χ3n) is 6.04. The van der Waals surface area contributed by atoms with Crippen molar-refractivity contribution in [2.24, 2.45) is 0 Å². The molecule has 0 saturated carbocycles. The minimum absolute atomic E-state index is 0.0248. The molecule has 172 valence electrons. The van der Waals surface area contributed by atoms with E-state index in [4.69, 9.17) is 4.74 Å². The third-order valence-corrected chi connectivity index (χ3v) is 6.04. The highest BCUT2D eigenvalue weighted by Crippen LogP contribution is 2.30. The Balaban J connectivity index is 1.44. The Hall–Kier alpha value is -3.68. The fraction of sp³-hybridized carbons (Fsp3) is 0.360. The zero-order valence-corrected chi connectivity index (χ0v) is 19.0. The van der Waals surface area contributed by atoms with Gasteiger partial charge in [-0.15, -0.1) is 0 Å². The molecule has 0 radical (unpaired) electrons. The second-order valence-corrected chi connectivity index (χ2v) is 8.48. The van der Waals surface area contributed by atoms with E-state index < -0.39 is 6.10 Å². The van der Waals surface area contributed by atoms with Crippen molar-refractivity contribution in [3.8, 4) is 5.75 Å². The predicted molar refractivity (Wildman–Crippen MR) is 122 cm³/mol. The van der Waals surface area contributed by atoms with Crippen LogP contribution in [0.15, 0.2) is 42.5 Å². The molecular weight excluding hydrogens is 422 g/mol. The monoisotopic (exact) mass is 449 g/mol. The number of carbonyl (C=O) groups excluding carboxylic acids is 4. The van der Waals surface area contributed by atoms with Crippen LogP contribution in [0.4, 0.5) is 5.69 Å². The molecule has 0 N–H and O–H groups in total. The Bertz CT molecular complexity index is 1110. The molecule has 2 aliphatic rings. The first-order valence-electron chi connectivity index (χ1n) is 11.0. The van der Waals surface area contributed by atoms with E-state index >= 15 is 0 Å². The molecule has 0 aliphatic carbocycles. The summed E-state index contributed by atoms with van der Waals surface area (Å²) in [6, 6.07) is 12.2. The van der Waals surface area contributed by atoms with Gasteiger partial charge in [0.25, 0.3) is 11.8 Å². The molecule has 8 heteroatoms. The van der Waals surface area contributed by atoms with Crippen molar-refractivity contribution in [1.82, 2.24) is 9.80 Å². The van der Waals surface area contributed by atoms with Gasteiger partial charge in [-0.05, 0) is 42.0 Å². The summed E-state index contributed by atoms with van der Waals surface area (Å²) in [5, 5.41) is 0. The van der Waals surface area contributed by atoms with Crippen molar-refractivity contribution < 1.29 is 23.9 Å². The van der Waals surface area contributed by atoms with Crippen molar-refractivity contribution in [3.63, 3.8) is 0 Å². The number of amides is 3. The molecule has 0 bridgehead atoms. The quantitative estimate of drug-likeness (QED) is 0.606. The van der Waals surface area contributed by atoms with Crippen LogP contribution in [0.3, 0.4) is 0 Å². The minimum atomic E-state index is -0.629. The van der Waals surface area contributed by atoms with Crippen LogP contribution in [0.1, 0.15) is 46.0 Å². The van der Waals surface area contributed by atoms with Gasteiger partial charge in [-0.1, -0.05) is 13.0 Å². The first kappa shape index (κ1) is 22.5. The minimum Gasteiger partial charge on any atom is -0.481 e. The van der Waals surface area contributed by atoms with E-state index in [1.54, 1.807) is 49.3 Å². The fourth-order valence-corrected chi connectivity index (χ4v) is 4.06. The Labute approximate surface area is 192 Å². The topological polar surface area (TPSA) is 87.2 Å². The molecule has 2 heterocycles. The molecule has 2 aliphatic heterocycles. The van der Waals surface area contributed by atoms with Crippen molar-refractivity contribution in [1.29, 1.82) is 0 Å². The Morgan fingerprint density at radius 2 is 1.82 bits per heavy atom. The average Bonchev–Trinajstić information content (AvgIpc) is 3.32. The van der Waals surface area contributed by atoms with Crippen LogP contribution in [-0.2, 0) is 16.1 Å². The summed E-state index contributed by atoms with van der Waals surface area (Å²) < 4.78 is 5.88. The van der Waals surface area contributed by atoms with Crippen LogP contribution in [0, 0.1) is 0 Å². The second-order valence-electron chi connectivity index (χ2n) is 8.48. The lowest BCUT2D eigenvalue weighted by atomic mass is 10.1. The van der Waals surface area contributed by atoms with Crippen LogP contribution < -0.4 is 9.64 Å². The molecular formula is C25H27N3O5. The van der Waals surface area contributed by atoms with E-state index in [-0.39, 0.29) is 30.0 Å². The smallest absolute Gasteiger partial charge is 0.268 e. The molecule has 2 aromatic carbocycles. The molecule has 2 aromatic rings. The summed E-state index contributed by atoms with van der Waals surface area (Å²) in [6.45, 7) is 2.69. The maximum Gasteiger partial charge on any atom is 0.268 e. The molecule has 0 aromatic heterocycles. The zero-order valence-electron chi connectivity index (χ0n) is 19.0. The Kier molecular flexibility index (Phi) is 6.18. The number of rotatable bonds is 7. The van der Waals surface area contributed by atoms with Gasteiger partial charge in [0.05, 0.1) is 0 Å². The first-order chi connectivity index (χ1) is 15.8. The molecule has 4 rings (SSSR count). The first-order valence-corrected chi connectivity index (χ1v) is 11.0. The van der Waals surface area contributed by atoms with Gasteiger partial charge in [-0.2, -0.15) is 0 Å². The number of carbonyl (C=O) groups is 4. The molecule has 0 spiro atoms. The van der Waals surface area contributed by atoms with Gasteiger partial charge in [-0.25, -0.2) is 0 Å². The van der Waals surface area contributed by atoms with Crippen LogP contribution in [0.5, 0.6) is 5.75 Å². The normalized spacial score (nSPS) is 17.4. The van der Waals surface area contributed by atoms with Gasteiger partial charge >= 0.3 is 0 Å². The largest absolute Gasteiger partial charge is 0.481 e. The van der Waals surface area contributed by atoms with Crippen molar-refractivity contribution in [2.75, 3.05) is 32.1 Å². The van der Waals surface area contributed by atoms with E-state index in [0.717, 1.165) is 5.56 Å². The van der Waals surface area contributed by atoms with Crippen molar-refractivity contribution >= 4 is 29.2 Å². The lowest BCUT2D eigenvalue weighted by Gasteiger charge is -2.18. The highest BCUT2D eigenvalue weighted by Gasteiger charge is 2.36. The fourth-order valence-electron chi connectivity index (χ4n) is 4.06. The Morgan fingerprint density at radius 3 is 2.48 bits per heavy atom. The van der Waals surface area contributed by atoms with E-state index in [2.05, 4.69) is 0 Å². The maximum absolute atomic E-state index is 13.0. The number of Topliss-reactive ketones (excluding diaryl/α,β-unsaturated/α-hetero) is 1. The predicted octanol–water partition coefficient (Wildman–Crippen LogP) is 2.51. The molecule has 1 atom stereocenters. The van der Waals surface area contributed by atoms with Gasteiger partial charge in [-0.3, -0.25) is 19.2 Å². The lowest BCUT2D eigenvalue weighted by molar-refractivity contribution is -0.129. The highest BCUT2D eigenvalue weighted by atomic mass is 16.5. The Morgan fingerprint density at radius 1 is 1.09 bits per heavy atom. The molecule has 3 amide bonds. The zero-order chi connectivity index (χ0) is 23.7. The van der Waals surface area contributed by atoms with Crippen LogP contribution in [-0.4, -0.2) is 66.6 Å². The number of nitrogens with zero attached hydrogens (tertiary/aromatic N) is 3. The van der Waals surface area contributed by atoms with Crippen molar-refractivity contribution in [3.05, 3.63) is 59.2 Å². The third kappa shape index (κ3) is 4.46. The summed E-state index contributed by atoms with van der Waals surface area (Å²) in [5.74, 6) is 0.0730. The molecule has 33 heavy (non-hydrogen) atoms. The molecule has 0 unspecified atom stereocenters.